The van der Waals surface area contributed by atoms with Crippen molar-refractivity contribution in [1.29, 1.82) is 0 Å². The molecule has 1 atom stereocenters. The van der Waals surface area contributed by atoms with Crippen molar-refractivity contribution in [2.45, 2.75) is 201 Å². The number of rotatable bonds is 40. The van der Waals surface area contributed by atoms with Gasteiger partial charge in [-0.2, -0.15) is 0 Å². The maximum atomic E-state index is 13.1. The van der Waals surface area contributed by atoms with Crippen molar-refractivity contribution in [2.24, 2.45) is 11.8 Å². The third kappa shape index (κ3) is 39.7. The van der Waals surface area contributed by atoms with E-state index in [-0.39, 0.29) is 38.4 Å². The smallest absolute Gasteiger partial charge is 0.465 e. The third-order valence-electron chi connectivity index (χ3n) is 10.1. The van der Waals surface area contributed by atoms with Gasteiger partial charge in [0.05, 0.1) is 12.5 Å². The van der Waals surface area contributed by atoms with Crippen LogP contribution >= 0.6 is 0 Å². The van der Waals surface area contributed by atoms with Crippen molar-refractivity contribution in [3.05, 3.63) is 24.3 Å². The topological polar surface area (TPSA) is 91.4 Å². The van der Waals surface area contributed by atoms with Gasteiger partial charge < -0.3 is 23.8 Å². The molecule has 0 heterocycles. The number of carbonyl (C=O) groups excluding carboxylic acids is 3. The summed E-state index contributed by atoms with van der Waals surface area (Å²) in [5.74, 6) is -0.637. The van der Waals surface area contributed by atoms with Gasteiger partial charge in [-0.25, -0.2) is 4.79 Å². The Labute approximate surface area is 339 Å². The van der Waals surface area contributed by atoms with Crippen LogP contribution in [0.2, 0.25) is 0 Å². The molecule has 0 radical (unpaired) electrons. The van der Waals surface area contributed by atoms with E-state index in [9.17, 15) is 14.4 Å². The molecule has 0 aliphatic carbocycles. The van der Waals surface area contributed by atoms with E-state index in [1.54, 1.807) is 0 Å². The van der Waals surface area contributed by atoms with Gasteiger partial charge in [-0.3, -0.25) is 9.59 Å². The first kappa shape index (κ1) is 52.6. The minimum atomic E-state index is -0.760. The Morgan fingerprint density at radius 3 is 1.55 bits per heavy atom. The van der Waals surface area contributed by atoms with Crippen LogP contribution in [0.15, 0.2) is 24.3 Å². The Morgan fingerprint density at radius 1 is 0.491 bits per heavy atom. The van der Waals surface area contributed by atoms with Gasteiger partial charge in [0.25, 0.3) is 0 Å². The van der Waals surface area contributed by atoms with Crippen LogP contribution in [0.4, 0.5) is 4.79 Å². The average molecular weight is 778 g/mol. The number of ether oxygens (including phenoxy) is 4. The summed E-state index contributed by atoms with van der Waals surface area (Å²) in [5, 5.41) is 0. The van der Waals surface area contributed by atoms with Crippen molar-refractivity contribution < 1.29 is 33.3 Å². The highest BCUT2D eigenvalue weighted by Crippen LogP contribution is 2.23. The zero-order chi connectivity index (χ0) is 40.5. The molecule has 0 spiro atoms. The molecule has 0 bridgehead atoms. The molecule has 0 aromatic carbocycles. The number of carbonyl (C=O) groups is 3. The zero-order valence-corrected chi connectivity index (χ0v) is 36.6. The van der Waals surface area contributed by atoms with Crippen molar-refractivity contribution in [3.63, 3.8) is 0 Å². The second-order valence-electron chi connectivity index (χ2n) is 16.0. The first-order valence-electron chi connectivity index (χ1n) is 22.9. The summed E-state index contributed by atoms with van der Waals surface area (Å²) >= 11 is 0. The SMILES string of the molecule is CCCCCC=CCC=CCCCCCCCC(=O)OCC(COC(=O)CC(CCCCCCCC)CCCCCCCC)COC(=O)OCCCN(C)C. The summed E-state index contributed by atoms with van der Waals surface area (Å²) in [4.78, 5) is 40.0. The molecule has 8 nitrogen and oxygen atoms in total. The zero-order valence-electron chi connectivity index (χ0n) is 36.6. The molecule has 0 saturated heterocycles. The monoisotopic (exact) mass is 778 g/mol. The standard InChI is InChI=1S/C47H87NO7/c1-6-9-12-15-18-19-20-21-22-23-24-25-26-29-32-36-45(49)53-40-44(42-55-47(51)52-38-33-37-48(4)5)41-54-46(50)39-43(34-30-27-16-13-10-7-2)35-31-28-17-14-11-8-3/h18-19,21-22,43-44H,6-17,20,23-42H2,1-5H3. The van der Waals surface area contributed by atoms with Gasteiger partial charge in [0.2, 0.25) is 0 Å². The lowest BCUT2D eigenvalue weighted by atomic mass is 9.91. The predicted molar refractivity (Wildman–Crippen MR) is 229 cm³/mol. The molecule has 0 aromatic rings. The molecule has 0 aliphatic rings. The van der Waals surface area contributed by atoms with E-state index in [0.29, 0.717) is 25.2 Å². The fourth-order valence-corrected chi connectivity index (χ4v) is 6.55. The van der Waals surface area contributed by atoms with Crippen LogP contribution in [0, 0.1) is 11.8 Å². The van der Waals surface area contributed by atoms with Crippen molar-refractivity contribution in [3.8, 4) is 0 Å². The predicted octanol–water partition coefficient (Wildman–Crippen LogP) is 13.1. The highest BCUT2D eigenvalue weighted by molar-refractivity contribution is 5.70. The van der Waals surface area contributed by atoms with Crippen LogP contribution < -0.4 is 0 Å². The fraction of sp³-hybridized carbons (Fsp3) is 0.851. The van der Waals surface area contributed by atoms with Crippen molar-refractivity contribution in [1.82, 2.24) is 4.90 Å². The summed E-state index contributed by atoms with van der Waals surface area (Å²) in [6.45, 7) is 7.79. The molecule has 0 aromatic heterocycles. The van der Waals surface area contributed by atoms with Gasteiger partial charge in [0.15, 0.2) is 0 Å². The molecule has 0 rings (SSSR count). The number of hydrogen-bond donors (Lipinski definition) is 0. The van der Waals surface area contributed by atoms with Crippen LogP contribution in [-0.2, 0) is 28.5 Å². The van der Waals surface area contributed by atoms with Crippen LogP contribution in [0.1, 0.15) is 201 Å². The van der Waals surface area contributed by atoms with E-state index in [0.717, 1.165) is 70.8 Å². The lowest BCUT2D eigenvalue weighted by Crippen LogP contribution is -2.27. The van der Waals surface area contributed by atoms with Gasteiger partial charge in [-0.15, -0.1) is 0 Å². The quantitative estimate of drug-likeness (QED) is 0.0263. The number of hydrogen-bond acceptors (Lipinski definition) is 8. The van der Waals surface area contributed by atoms with Crippen molar-refractivity contribution in [2.75, 3.05) is 47.1 Å². The molecule has 8 heteroatoms. The molecule has 1 unspecified atom stereocenters. The number of esters is 2. The first-order chi connectivity index (χ1) is 26.8. The number of allylic oxidation sites excluding steroid dienone is 4. The lowest BCUT2D eigenvalue weighted by molar-refractivity contribution is -0.150. The molecular formula is C47H87NO7. The van der Waals surface area contributed by atoms with E-state index in [4.69, 9.17) is 18.9 Å². The molecule has 0 saturated carbocycles. The van der Waals surface area contributed by atoms with Gasteiger partial charge in [0, 0.05) is 19.4 Å². The minimum Gasteiger partial charge on any atom is -0.465 e. The van der Waals surface area contributed by atoms with E-state index < -0.39 is 12.1 Å². The summed E-state index contributed by atoms with van der Waals surface area (Å²) < 4.78 is 21.9. The minimum absolute atomic E-state index is 0.0270. The van der Waals surface area contributed by atoms with Crippen LogP contribution in [0.3, 0.4) is 0 Å². The van der Waals surface area contributed by atoms with E-state index in [1.807, 2.05) is 19.0 Å². The van der Waals surface area contributed by atoms with E-state index >= 15 is 0 Å². The Hall–Kier alpha value is -2.35. The first-order valence-corrected chi connectivity index (χ1v) is 22.9. The average Bonchev–Trinajstić information content (AvgIpc) is 3.17. The molecule has 0 aliphatic heterocycles. The normalized spacial score (nSPS) is 12.3. The van der Waals surface area contributed by atoms with Crippen LogP contribution in [0.5, 0.6) is 0 Å². The molecule has 0 amide bonds. The van der Waals surface area contributed by atoms with Crippen LogP contribution in [-0.4, -0.2) is 70.1 Å². The molecule has 55 heavy (non-hydrogen) atoms. The summed E-state index contributed by atoms with van der Waals surface area (Å²) in [6, 6.07) is 0. The number of unbranched alkanes of at least 4 members (excludes halogenated alkanes) is 18. The van der Waals surface area contributed by atoms with E-state index in [2.05, 4.69) is 45.1 Å². The Kier molecular flexibility index (Phi) is 39.5. The molecular weight excluding hydrogens is 691 g/mol. The fourth-order valence-electron chi connectivity index (χ4n) is 6.55. The van der Waals surface area contributed by atoms with Gasteiger partial charge in [-0.1, -0.05) is 154 Å². The number of nitrogens with zero attached hydrogens (tertiary/aromatic N) is 1. The summed E-state index contributed by atoms with van der Waals surface area (Å²) in [6.07, 6.45) is 39.1. The molecule has 322 valence electrons. The maximum Gasteiger partial charge on any atom is 0.508 e. The van der Waals surface area contributed by atoms with Gasteiger partial charge in [-0.05, 0) is 77.8 Å². The highest BCUT2D eigenvalue weighted by atomic mass is 16.7. The van der Waals surface area contributed by atoms with Crippen LogP contribution in [0.25, 0.3) is 0 Å². The molecule has 0 fully saturated rings. The maximum absolute atomic E-state index is 13.1. The Bertz CT molecular complexity index is 918. The lowest BCUT2D eigenvalue weighted by Gasteiger charge is -2.19. The van der Waals surface area contributed by atoms with Gasteiger partial charge >= 0.3 is 18.1 Å². The second-order valence-corrected chi connectivity index (χ2v) is 16.0. The Morgan fingerprint density at radius 2 is 0.964 bits per heavy atom. The highest BCUT2D eigenvalue weighted by Gasteiger charge is 2.20. The second kappa shape index (κ2) is 41.3. The van der Waals surface area contributed by atoms with Crippen molar-refractivity contribution >= 4 is 18.1 Å². The third-order valence-corrected chi connectivity index (χ3v) is 10.1. The van der Waals surface area contributed by atoms with Gasteiger partial charge in [0.1, 0.15) is 19.8 Å². The van der Waals surface area contributed by atoms with E-state index in [1.165, 1.54) is 96.3 Å². The molecule has 0 N–H and O–H groups in total. The Balaban J connectivity index is 4.76. The summed E-state index contributed by atoms with van der Waals surface area (Å²) in [5.41, 5.74) is 0. The largest absolute Gasteiger partial charge is 0.508 e. The summed E-state index contributed by atoms with van der Waals surface area (Å²) in [7, 11) is 3.93.